The Morgan fingerprint density at radius 1 is 1.11 bits per heavy atom. The average molecular weight is 397 g/mol. The molecule has 1 heterocycles. The zero-order valence-corrected chi connectivity index (χ0v) is 17.4. The summed E-state index contributed by atoms with van der Waals surface area (Å²) in [6.45, 7) is 8.47. The second-order valence-corrected chi connectivity index (χ2v) is 9.17. The van der Waals surface area contributed by atoms with Gasteiger partial charge in [-0.1, -0.05) is 31.5 Å². The molecule has 152 valence electrons. The molecule has 27 heavy (non-hydrogen) atoms. The molecule has 7 nitrogen and oxygen atoms in total. The number of hydrogen-bond donors (Lipinski definition) is 2. The van der Waals surface area contributed by atoms with E-state index >= 15 is 0 Å². The molecule has 0 spiro atoms. The lowest BCUT2D eigenvalue weighted by Gasteiger charge is -2.35. The third kappa shape index (κ3) is 5.28. The number of amides is 1. The highest BCUT2D eigenvalue weighted by Crippen LogP contribution is 2.18. The Kier molecular flexibility index (Phi) is 7.39. The lowest BCUT2D eigenvalue weighted by molar-refractivity contribution is -0.124. The topological polar surface area (TPSA) is 95.7 Å². The molecule has 1 aliphatic rings. The number of carbonyl (C=O) groups excluding carboxylic acids is 1. The van der Waals surface area contributed by atoms with Crippen LogP contribution in [0.5, 0.6) is 0 Å². The van der Waals surface area contributed by atoms with Crippen LogP contribution in [0.1, 0.15) is 32.3 Å². The van der Waals surface area contributed by atoms with Crippen LogP contribution < -0.4 is 11.1 Å². The van der Waals surface area contributed by atoms with Crippen molar-refractivity contribution in [1.82, 2.24) is 14.5 Å². The van der Waals surface area contributed by atoms with Crippen LogP contribution in [-0.2, 0) is 14.8 Å². The van der Waals surface area contributed by atoms with Gasteiger partial charge < -0.3 is 11.1 Å². The number of hydrogen-bond acceptors (Lipinski definition) is 5. The van der Waals surface area contributed by atoms with Gasteiger partial charge in [0.2, 0.25) is 15.9 Å². The number of nitrogens with zero attached hydrogens (tertiary/aromatic N) is 2. The number of benzene rings is 1. The Morgan fingerprint density at radius 3 is 2.15 bits per heavy atom. The van der Waals surface area contributed by atoms with Gasteiger partial charge in [-0.3, -0.25) is 9.69 Å². The number of carbonyl (C=O) groups is 1. The molecule has 3 N–H and O–H groups in total. The lowest BCUT2D eigenvalue weighted by Crippen LogP contribution is -2.57. The molecular formula is C19H32N4O3S. The summed E-state index contributed by atoms with van der Waals surface area (Å²) in [5.74, 6) is -0.0565. The molecule has 1 aromatic rings. The van der Waals surface area contributed by atoms with Crippen molar-refractivity contribution < 1.29 is 13.2 Å². The summed E-state index contributed by atoms with van der Waals surface area (Å²) in [4.78, 5) is 14.7. The Morgan fingerprint density at radius 2 is 1.67 bits per heavy atom. The molecule has 1 fully saturated rings. The van der Waals surface area contributed by atoms with E-state index in [4.69, 9.17) is 5.73 Å². The maximum absolute atomic E-state index is 12.7. The van der Waals surface area contributed by atoms with Gasteiger partial charge in [0, 0.05) is 32.7 Å². The van der Waals surface area contributed by atoms with Crippen molar-refractivity contribution in [1.29, 1.82) is 0 Å². The van der Waals surface area contributed by atoms with E-state index in [1.54, 1.807) is 24.3 Å². The molecule has 0 atom stereocenters. The largest absolute Gasteiger partial charge is 0.348 e. The predicted octanol–water partition coefficient (Wildman–Crippen LogP) is 0.935. The smallest absolute Gasteiger partial charge is 0.243 e. The van der Waals surface area contributed by atoms with E-state index in [-0.39, 0.29) is 18.0 Å². The monoisotopic (exact) mass is 396 g/mol. The van der Waals surface area contributed by atoms with Crippen molar-refractivity contribution in [3.05, 3.63) is 29.8 Å². The van der Waals surface area contributed by atoms with E-state index in [1.807, 2.05) is 25.7 Å². The van der Waals surface area contributed by atoms with E-state index in [0.717, 1.165) is 18.4 Å². The fourth-order valence-electron chi connectivity index (χ4n) is 3.29. The third-order valence-electron chi connectivity index (χ3n) is 5.51. The van der Waals surface area contributed by atoms with Gasteiger partial charge in [-0.25, -0.2) is 8.42 Å². The van der Waals surface area contributed by atoms with Crippen molar-refractivity contribution in [2.75, 3.05) is 39.3 Å². The van der Waals surface area contributed by atoms with Crippen LogP contribution in [-0.4, -0.2) is 68.3 Å². The highest BCUT2D eigenvalue weighted by atomic mass is 32.2. The number of nitrogens with two attached hydrogens (primary N) is 1. The Labute approximate surface area is 163 Å². The second kappa shape index (κ2) is 9.14. The summed E-state index contributed by atoms with van der Waals surface area (Å²) in [6, 6.07) is 6.90. The normalized spacial score (nSPS) is 17.0. The molecular weight excluding hydrogens is 364 g/mol. The molecule has 2 rings (SSSR count). The van der Waals surface area contributed by atoms with Crippen LogP contribution in [0.4, 0.5) is 0 Å². The van der Waals surface area contributed by atoms with Gasteiger partial charge in [-0.2, -0.15) is 4.31 Å². The SMILES string of the molecule is CCC(CC)(CN)NC(=O)CN1CCN(S(=O)(=O)c2ccc(C)cc2)CC1. The van der Waals surface area contributed by atoms with Gasteiger partial charge in [0.25, 0.3) is 0 Å². The Bertz CT molecular complexity index is 714. The first-order chi connectivity index (χ1) is 12.8. The average Bonchev–Trinajstić information content (AvgIpc) is 2.67. The van der Waals surface area contributed by atoms with Gasteiger partial charge in [0.1, 0.15) is 0 Å². The quantitative estimate of drug-likeness (QED) is 0.682. The fourth-order valence-corrected chi connectivity index (χ4v) is 4.71. The summed E-state index contributed by atoms with van der Waals surface area (Å²) < 4.78 is 27.0. The first-order valence-corrected chi connectivity index (χ1v) is 11.0. The van der Waals surface area contributed by atoms with Crippen LogP contribution in [0.15, 0.2) is 29.2 Å². The number of rotatable bonds is 8. The molecule has 0 radical (unpaired) electrons. The van der Waals surface area contributed by atoms with E-state index in [2.05, 4.69) is 5.32 Å². The van der Waals surface area contributed by atoms with E-state index in [9.17, 15) is 13.2 Å². The second-order valence-electron chi connectivity index (χ2n) is 7.23. The molecule has 0 aliphatic carbocycles. The maximum atomic E-state index is 12.7. The number of aryl methyl sites for hydroxylation is 1. The minimum Gasteiger partial charge on any atom is -0.348 e. The molecule has 0 saturated carbocycles. The van der Waals surface area contributed by atoms with Crippen LogP contribution in [0.2, 0.25) is 0 Å². The summed E-state index contributed by atoms with van der Waals surface area (Å²) >= 11 is 0. The molecule has 0 unspecified atom stereocenters. The van der Waals surface area contributed by atoms with Gasteiger partial charge in [-0.15, -0.1) is 0 Å². The Balaban J connectivity index is 1.91. The fraction of sp³-hybridized carbons (Fsp3) is 0.632. The van der Waals surface area contributed by atoms with Crippen molar-refractivity contribution in [2.45, 2.75) is 44.0 Å². The van der Waals surface area contributed by atoms with Gasteiger partial charge in [0.05, 0.1) is 17.0 Å². The van der Waals surface area contributed by atoms with Crippen LogP contribution in [0.3, 0.4) is 0 Å². The van der Waals surface area contributed by atoms with Gasteiger partial charge in [-0.05, 0) is 31.9 Å². The van der Waals surface area contributed by atoms with Crippen molar-refractivity contribution >= 4 is 15.9 Å². The van der Waals surface area contributed by atoms with Crippen molar-refractivity contribution in [2.24, 2.45) is 5.73 Å². The number of sulfonamides is 1. The first kappa shape index (κ1) is 21.8. The number of piperazine rings is 1. The zero-order chi connectivity index (χ0) is 20.1. The van der Waals surface area contributed by atoms with E-state index in [0.29, 0.717) is 37.6 Å². The highest BCUT2D eigenvalue weighted by molar-refractivity contribution is 7.89. The standard InChI is InChI=1S/C19H32N4O3S/c1-4-19(5-2,15-20)21-18(24)14-22-10-12-23(13-11-22)27(25,26)17-8-6-16(3)7-9-17/h6-9H,4-5,10-15,20H2,1-3H3,(H,21,24). The molecule has 1 saturated heterocycles. The van der Waals surface area contributed by atoms with Gasteiger partial charge in [0.15, 0.2) is 0 Å². The molecule has 1 aliphatic heterocycles. The molecule has 1 aromatic carbocycles. The summed E-state index contributed by atoms with van der Waals surface area (Å²) in [5.41, 5.74) is 6.51. The van der Waals surface area contributed by atoms with Crippen LogP contribution >= 0.6 is 0 Å². The van der Waals surface area contributed by atoms with E-state index < -0.39 is 10.0 Å². The van der Waals surface area contributed by atoms with Crippen LogP contribution in [0, 0.1) is 6.92 Å². The lowest BCUT2D eigenvalue weighted by atomic mass is 9.93. The van der Waals surface area contributed by atoms with Crippen LogP contribution in [0.25, 0.3) is 0 Å². The number of nitrogens with one attached hydrogen (secondary N) is 1. The van der Waals surface area contributed by atoms with Gasteiger partial charge >= 0.3 is 0 Å². The first-order valence-electron chi connectivity index (χ1n) is 9.56. The predicted molar refractivity (Wildman–Crippen MR) is 107 cm³/mol. The van der Waals surface area contributed by atoms with E-state index in [1.165, 1.54) is 4.31 Å². The minimum absolute atomic E-state index is 0.0565. The van der Waals surface area contributed by atoms with Crippen molar-refractivity contribution in [3.63, 3.8) is 0 Å². The Hall–Kier alpha value is -1.48. The summed E-state index contributed by atoms with van der Waals surface area (Å²) in [7, 11) is -3.48. The van der Waals surface area contributed by atoms with Crippen molar-refractivity contribution in [3.8, 4) is 0 Å². The molecule has 0 bridgehead atoms. The zero-order valence-electron chi connectivity index (χ0n) is 16.6. The summed E-state index contributed by atoms with van der Waals surface area (Å²) in [6.07, 6.45) is 1.57. The maximum Gasteiger partial charge on any atom is 0.243 e. The summed E-state index contributed by atoms with van der Waals surface area (Å²) in [5, 5.41) is 3.06. The minimum atomic E-state index is -3.48. The molecule has 8 heteroatoms. The highest BCUT2D eigenvalue weighted by Gasteiger charge is 2.31. The molecule has 0 aromatic heterocycles. The third-order valence-corrected chi connectivity index (χ3v) is 7.42. The molecule has 1 amide bonds.